The van der Waals surface area contributed by atoms with Gasteiger partial charge in [-0.1, -0.05) is 0 Å². The lowest BCUT2D eigenvalue weighted by atomic mass is 10.2. The van der Waals surface area contributed by atoms with Crippen LogP contribution in [0.25, 0.3) is 0 Å². The maximum atomic E-state index is 10.2. The highest BCUT2D eigenvalue weighted by Gasteiger charge is 2.12. The normalized spacial score (nSPS) is 16.9. The molecule has 0 aromatic heterocycles. The standard InChI is InChI=1S/C5H9NO4/c6-3(5(9)10)1-2-4(7)8/h3H,1-2,6H2,(H,7,8)(H,9,10)/t3-/m0/s1/i1D2. The van der Waals surface area contributed by atoms with Gasteiger partial charge < -0.3 is 15.9 Å². The summed E-state index contributed by atoms with van der Waals surface area (Å²) in [4.78, 5) is 20.2. The van der Waals surface area contributed by atoms with E-state index >= 15 is 0 Å². The third kappa shape index (κ3) is 3.85. The Hall–Kier alpha value is -1.10. The smallest absolute Gasteiger partial charge is 0.320 e. The largest absolute Gasteiger partial charge is 0.481 e. The van der Waals surface area contributed by atoms with Gasteiger partial charge in [0.15, 0.2) is 0 Å². The van der Waals surface area contributed by atoms with Crippen molar-refractivity contribution < 1.29 is 22.5 Å². The number of aliphatic carboxylic acids is 2. The second kappa shape index (κ2) is 3.84. The first-order valence-electron chi connectivity index (χ1n) is 3.47. The molecule has 5 nitrogen and oxygen atoms in total. The Bertz CT molecular complexity index is 206. The Kier molecular flexibility index (Phi) is 2.17. The summed E-state index contributed by atoms with van der Waals surface area (Å²) in [5.74, 6) is -2.97. The van der Waals surface area contributed by atoms with Crippen LogP contribution in [0.4, 0.5) is 0 Å². The molecule has 0 spiro atoms. The van der Waals surface area contributed by atoms with Gasteiger partial charge in [0, 0.05) is 9.16 Å². The van der Waals surface area contributed by atoms with E-state index in [0.717, 1.165) is 0 Å². The second-order valence-corrected chi connectivity index (χ2v) is 1.59. The van der Waals surface area contributed by atoms with Crippen molar-refractivity contribution in [2.75, 3.05) is 0 Å². The van der Waals surface area contributed by atoms with E-state index in [1.54, 1.807) is 0 Å². The average molecular weight is 149 g/mol. The molecule has 0 fully saturated rings. The lowest BCUT2D eigenvalue weighted by Crippen LogP contribution is -2.30. The van der Waals surface area contributed by atoms with Crippen molar-refractivity contribution in [2.45, 2.75) is 18.8 Å². The van der Waals surface area contributed by atoms with Crippen LogP contribution in [0.2, 0.25) is 0 Å². The van der Waals surface area contributed by atoms with Crippen LogP contribution in [0.3, 0.4) is 0 Å². The molecule has 0 saturated heterocycles. The zero-order valence-electron chi connectivity index (χ0n) is 7.07. The first kappa shape index (κ1) is 5.67. The molecule has 58 valence electrons. The van der Waals surface area contributed by atoms with Crippen LogP contribution in [0.5, 0.6) is 0 Å². The van der Waals surface area contributed by atoms with E-state index in [1.165, 1.54) is 0 Å². The maximum Gasteiger partial charge on any atom is 0.320 e. The van der Waals surface area contributed by atoms with Crippen molar-refractivity contribution in [3.05, 3.63) is 0 Å². The molecule has 0 unspecified atom stereocenters. The fourth-order valence-corrected chi connectivity index (χ4v) is 0.285. The highest BCUT2D eigenvalue weighted by molar-refractivity contribution is 5.74. The molecule has 0 radical (unpaired) electrons. The minimum absolute atomic E-state index is 0.916. The Labute approximate surface area is 60.3 Å². The van der Waals surface area contributed by atoms with E-state index in [2.05, 4.69) is 0 Å². The Morgan fingerprint density at radius 1 is 1.60 bits per heavy atom. The highest BCUT2D eigenvalue weighted by Crippen LogP contribution is 1.93. The highest BCUT2D eigenvalue weighted by atomic mass is 16.4. The van der Waals surface area contributed by atoms with Gasteiger partial charge in [-0.05, 0) is 6.37 Å². The van der Waals surface area contributed by atoms with Gasteiger partial charge in [0.05, 0.1) is 0 Å². The third-order valence-electron chi connectivity index (χ3n) is 0.739. The van der Waals surface area contributed by atoms with Crippen molar-refractivity contribution in [2.24, 2.45) is 5.73 Å². The topological polar surface area (TPSA) is 101 Å². The van der Waals surface area contributed by atoms with Gasteiger partial charge in [0.2, 0.25) is 0 Å². The van der Waals surface area contributed by atoms with Crippen LogP contribution >= 0.6 is 0 Å². The first-order valence-corrected chi connectivity index (χ1v) is 2.47. The second-order valence-electron chi connectivity index (χ2n) is 1.59. The van der Waals surface area contributed by atoms with E-state index < -0.39 is 30.8 Å². The van der Waals surface area contributed by atoms with Crippen molar-refractivity contribution in [1.82, 2.24) is 0 Å². The molecule has 0 aliphatic carbocycles. The molecule has 4 N–H and O–H groups in total. The van der Waals surface area contributed by atoms with Gasteiger partial charge in [0.25, 0.3) is 0 Å². The van der Waals surface area contributed by atoms with E-state index in [1.807, 2.05) is 0 Å². The third-order valence-corrected chi connectivity index (χ3v) is 0.739. The Morgan fingerprint density at radius 3 is 2.40 bits per heavy atom. The van der Waals surface area contributed by atoms with Gasteiger partial charge in [-0.3, -0.25) is 9.59 Å². The summed E-state index contributed by atoms with van der Waals surface area (Å²) in [7, 11) is 0. The minimum Gasteiger partial charge on any atom is -0.481 e. The average Bonchev–Trinajstić information content (AvgIpc) is 1.82. The summed E-state index contributed by atoms with van der Waals surface area (Å²) in [5, 5.41) is 16.5. The van der Waals surface area contributed by atoms with Crippen molar-refractivity contribution in [1.29, 1.82) is 0 Å². The molecule has 0 aliphatic rings. The van der Waals surface area contributed by atoms with Crippen LogP contribution in [-0.4, -0.2) is 28.2 Å². The number of hydrogen-bond donors (Lipinski definition) is 3. The van der Waals surface area contributed by atoms with Gasteiger partial charge in [0.1, 0.15) is 6.04 Å². The summed E-state index contributed by atoms with van der Waals surface area (Å²) >= 11 is 0. The van der Waals surface area contributed by atoms with Crippen LogP contribution in [0.1, 0.15) is 15.5 Å². The van der Waals surface area contributed by atoms with E-state index in [0.29, 0.717) is 0 Å². The number of carboxylic acid groups (broad SMARTS) is 2. The fraction of sp³-hybridized carbons (Fsp3) is 0.600. The summed E-state index contributed by atoms with van der Waals surface area (Å²) in [6.07, 6.45) is -3.34. The molecule has 1 atom stereocenters. The fourth-order valence-electron chi connectivity index (χ4n) is 0.285. The summed E-state index contributed by atoms with van der Waals surface area (Å²) in [6, 6.07) is -1.81. The van der Waals surface area contributed by atoms with Crippen molar-refractivity contribution in [3.8, 4) is 0 Å². The minimum atomic E-state index is -2.42. The molecule has 0 aliphatic heterocycles. The molecule has 0 saturated carbocycles. The van der Waals surface area contributed by atoms with E-state index in [-0.39, 0.29) is 0 Å². The predicted octanol–water partition coefficient (Wildman–Crippen LogP) is -0.737. The summed E-state index contributed by atoms with van der Waals surface area (Å²) in [6.45, 7) is 0. The molecule has 0 bridgehead atoms. The molecular formula is C5H9NO4. The predicted molar refractivity (Wildman–Crippen MR) is 32.5 cm³/mol. The summed E-state index contributed by atoms with van der Waals surface area (Å²) in [5.41, 5.74) is 4.90. The monoisotopic (exact) mass is 149 g/mol. The molecule has 0 heterocycles. The van der Waals surface area contributed by atoms with Gasteiger partial charge in [-0.15, -0.1) is 0 Å². The molecule has 0 amide bonds. The quantitative estimate of drug-likeness (QED) is 0.489. The van der Waals surface area contributed by atoms with Crippen LogP contribution < -0.4 is 5.73 Å². The van der Waals surface area contributed by atoms with Gasteiger partial charge in [-0.2, -0.15) is 0 Å². The lowest BCUT2D eigenvalue weighted by Gasteiger charge is -2.01. The molecule has 5 heteroatoms. The zero-order valence-corrected chi connectivity index (χ0v) is 5.07. The molecule has 10 heavy (non-hydrogen) atoms. The SMILES string of the molecule is [2H]C([2H])(CC(=O)O)[C@H](N)C(=O)O. The molecule has 0 rings (SSSR count). The van der Waals surface area contributed by atoms with E-state index in [4.69, 9.17) is 18.7 Å². The zero-order chi connectivity index (χ0) is 9.94. The van der Waals surface area contributed by atoms with E-state index in [9.17, 15) is 9.59 Å². The van der Waals surface area contributed by atoms with Gasteiger partial charge >= 0.3 is 11.9 Å². The maximum absolute atomic E-state index is 10.2. The molecule has 0 aromatic rings. The Balaban J connectivity index is 4.38. The Morgan fingerprint density at radius 2 is 2.10 bits per heavy atom. The van der Waals surface area contributed by atoms with Crippen LogP contribution in [-0.2, 0) is 9.59 Å². The number of rotatable bonds is 4. The van der Waals surface area contributed by atoms with Crippen molar-refractivity contribution >= 4 is 11.9 Å². The number of nitrogens with two attached hydrogens (primary N) is 1. The van der Waals surface area contributed by atoms with Gasteiger partial charge in [-0.25, -0.2) is 0 Å². The number of hydrogen-bond acceptors (Lipinski definition) is 3. The number of carboxylic acids is 2. The molecular weight excluding hydrogens is 138 g/mol. The van der Waals surface area contributed by atoms with Crippen LogP contribution in [0.15, 0.2) is 0 Å². The lowest BCUT2D eigenvalue weighted by molar-refractivity contribution is -0.139. The van der Waals surface area contributed by atoms with Crippen LogP contribution in [0, 0.1) is 0 Å². The molecule has 0 aromatic carbocycles. The number of carbonyl (C=O) groups is 2. The first-order chi connectivity index (χ1) is 5.27. The van der Waals surface area contributed by atoms with Crippen molar-refractivity contribution in [3.63, 3.8) is 0 Å². The summed E-state index contributed by atoms with van der Waals surface area (Å²) < 4.78 is 13.9.